The lowest BCUT2D eigenvalue weighted by Gasteiger charge is -2.32. The summed E-state index contributed by atoms with van der Waals surface area (Å²) in [5.74, 6) is 0.197. The zero-order chi connectivity index (χ0) is 56.7. The van der Waals surface area contributed by atoms with Crippen molar-refractivity contribution >= 4 is 17.1 Å². The predicted octanol–water partition coefficient (Wildman–Crippen LogP) is 6.77. The Morgan fingerprint density at radius 2 is 0.725 bits per heavy atom. The van der Waals surface area contributed by atoms with E-state index in [9.17, 15) is 10.4 Å². The Morgan fingerprint density at radius 1 is 0.412 bits per heavy atom. The molecule has 0 fully saturated rings. The standard InChI is InChI=1S/C63H88N4O13/c1-53(50-79-44-42-77-40-38-75-36-34-73-32-30-71-28-26-68)46-66(47-54-10-6-4-7-11-54)60-22-16-57(17-23-60)63(52-64,56-14-20-59(21-15-56)65(2)3)58-18-24-61(25-19-58)67(48-55-12-8-5-9-13-55)49-62(70)51-80-45-43-78-41-39-76-37-35-74-33-31-72-29-27-69/h4-25,53,62,68-70H,26-51H2,1-3H3. The maximum Gasteiger partial charge on any atom is 0.132 e. The molecule has 0 saturated carbocycles. The molecule has 17 nitrogen and oxygen atoms in total. The van der Waals surface area contributed by atoms with Crippen LogP contribution in [-0.2, 0) is 65.9 Å². The van der Waals surface area contributed by atoms with Crippen molar-refractivity contribution in [2.75, 3.05) is 187 Å². The maximum absolute atomic E-state index is 11.6. The number of benzene rings is 5. The van der Waals surface area contributed by atoms with Crippen molar-refractivity contribution in [2.45, 2.75) is 31.5 Å². The van der Waals surface area contributed by atoms with Gasteiger partial charge < -0.3 is 77.4 Å². The van der Waals surface area contributed by atoms with Gasteiger partial charge in [0.1, 0.15) is 5.41 Å². The Balaban J connectivity index is 1.22. The number of aliphatic hydroxyl groups is 3. The molecule has 5 rings (SSSR count). The summed E-state index contributed by atoms with van der Waals surface area (Å²) >= 11 is 0. The van der Waals surface area contributed by atoms with Crippen molar-refractivity contribution in [3.8, 4) is 6.07 Å². The predicted molar refractivity (Wildman–Crippen MR) is 312 cm³/mol. The number of hydrogen-bond donors (Lipinski definition) is 3. The summed E-state index contributed by atoms with van der Waals surface area (Å²) in [6, 6.07) is 48.2. The Labute approximate surface area is 475 Å². The topological polar surface area (TPSA) is 186 Å². The summed E-state index contributed by atoms with van der Waals surface area (Å²) in [4.78, 5) is 6.56. The summed E-state index contributed by atoms with van der Waals surface area (Å²) < 4.78 is 55.7. The highest BCUT2D eigenvalue weighted by molar-refractivity contribution is 5.63. The number of hydrogen-bond acceptors (Lipinski definition) is 17. The van der Waals surface area contributed by atoms with Gasteiger partial charge in [-0.1, -0.05) is 104 Å². The SMILES string of the molecule is CC(COCCOCCOCCOCCOCCO)CN(Cc1ccccc1)c1ccc(C(C#N)(c2ccc(N(C)C)cc2)c2ccc(N(Cc3ccccc3)CC(O)COCCOCCOCCOCCOCCO)cc2)cc1. The molecule has 0 aliphatic heterocycles. The minimum absolute atomic E-state index is 0.00358. The number of rotatable bonds is 46. The van der Waals surface area contributed by atoms with Crippen LogP contribution in [0.4, 0.5) is 17.1 Å². The van der Waals surface area contributed by atoms with E-state index < -0.39 is 11.5 Å². The first-order chi connectivity index (χ1) is 39.3. The minimum Gasteiger partial charge on any atom is -0.394 e. The van der Waals surface area contributed by atoms with Gasteiger partial charge in [0, 0.05) is 57.3 Å². The van der Waals surface area contributed by atoms with E-state index in [1.807, 2.05) is 62.6 Å². The molecule has 0 aliphatic rings. The normalized spacial score (nSPS) is 12.9. The highest BCUT2D eigenvalue weighted by Crippen LogP contribution is 2.41. The molecule has 5 aromatic carbocycles. The molecule has 0 radical (unpaired) electrons. The Morgan fingerprint density at radius 3 is 1.06 bits per heavy atom. The largest absolute Gasteiger partial charge is 0.394 e. The van der Waals surface area contributed by atoms with Crippen molar-refractivity contribution in [3.63, 3.8) is 0 Å². The van der Waals surface area contributed by atoms with Gasteiger partial charge in [0.25, 0.3) is 0 Å². The average molecular weight is 1110 g/mol. The van der Waals surface area contributed by atoms with Crippen LogP contribution in [0.25, 0.3) is 0 Å². The minimum atomic E-state index is -1.16. The monoisotopic (exact) mass is 1110 g/mol. The first-order valence-corrected chi connectivity index (χ1v) is 27.9. The molecular weight excluding hydrogens is 1020 g/mol. The van der Waals surface area contributed by atoms with Gasteiger partial charge in [0.05, 0.1) is 158 Å². The second-order valence-electron chi connectivity index (χ2n) is 19.4. The third kappa shape index (κ3) is 24.3. The molecule has 3 unspecified atom stereocenters. The average Bonchev–Trinajstić information content (AvgIpc) is 3.60. The van der Waals surface area contributed by atoms with Gasteiger partial charge in [-0.3, -0.25) is 0 Å². The van der Waals surface area contributed by atoms with Gasteiger partial charge in [-0.15, -0.1) is 0 Å². The molecule has 0 spiro atoms. The van der Waals surface area contributed by atoms with Crippen LogP contribution in [0.15, 0.2) is 133 Å². The van der Waals surface area contributed by atoms with Gasteiger partial charge in [0.2, 0.25) is 0 Å². The third-order valence-electron chi connectivity index (χ3n) is 12.9. The van der Waals surface area contributed by atoms with E-state index >= 15 is 0 Å². The van der Waals surface area contributed by atoms with E-state index in [0.29, 0.717) is 145 Å². The van der Waals surface area contributed by atoms with Gasteiger partial charge >= 0.3 is 0 Å². The van der Waals surface area contributed by atoms with Crippen LogP contribution >= 0.6 is 0 Å². The van der Waals surface area contributed by atoms with Crippen LogP contribution in [0.1, 0.15) is 34.7 Å². The lowest BCUT2D eigenvalue weighted by atomic mass is 9.70. The lowest BCUT2D eigenvalue weighted by Crippen LogP contribution is -2.35. The van der Waals surface area contributed by atoms with E-state index in [4.69, 9.17) is 57.6 Å². The highest BCUT2D eigenvalue weighted by atomic mass is 16.6. The van der Waals surface area contributed by atoms with Crippen molar-refractivity contribution in [1.29, 1.82) is 5.26 Å². The van der Waals surface area contributed by atoms with Crippen LogP contribution in [-0.4, -0.2) is 194 Å². The van der Waals surface area contributed by atoms with Gasteiger partial charge in [-0.25, -0.2) is 0 Å². The Hall–Kier alpha value is -5.53. The molecule has 0 aromatic heterocycles. The van der Waals surface area contributed by atoms with Crippen LogP contribution in [0, 0.1) is 17.2 Å². The highest BCUT2D eigenvalue weighted by Gasteiger charge is 2.37. The molecule has 5 aromatic rings. The Kier molecular flexibility index (Phi) is 32.5. The van der Waals surface area contributed by atoms with Crippen LogP contribution in [0.5, 0.6) is 0 Å². The molecule has 17 heteroatoms. The number of anilines is 3. The van der Waals surface area contributed by atoms with Gasteiger partial charge in [-0.2, -0.15) is 5.26 Å². The third-order valence-corrected chi connectivity index (χ3v) is 12.9. The molecule has 80 heavy (non-hydrogen) atoms. The second-order valence-corrected chi connectivity index (χ2v) is 19.4. The molecule has 0 bridgehead atoms. The fraction of sp³-hybridized carbons (Fsp3) is 0.508. The van der Waals surface area contributed by atoms with E-state index in [2.05, 4.69) is 113 Å². The fourth-order valence-electron chi connectivity index (χ4n) is 8.81. The summed E-state index contributed by atoms with van der Waals surface area (Å²) in [6.45, 7) is 12.9. The fourth-order valence-corrected chi connectivity index (χ4v) is 8.81. The molecule has 0 aliphatic carbocycles. The van der Waals surface area contributed by atoms with Crippen molar-refractivity contribution in [2.24, 2.45) is 5.92 Å². The number of nitriles is 1. The smallest absolute Gasteiger partial charge is 0.132 e. The Bertz CT molecular complexity index is 2220. The van der Waals surface area contributed by atoms with Gasteiger partial charge in [-0.05, 0) is 70.1 Å². The molecule has 3 atom stereocenters. The van der Waals surface area contributed by atoms with E-state index in [1.165, 1.54) is 5.56 Å². The zero-order valence-electron chi connectivity index (χ0n) is 47.5. The number of ether oxygens (including phenoxy) is 10. The summed E-state index contributed by atoms with van der Waals surface area (Å²) in [5.41, 5.74) is 6.60. The van der Waals surface area contributed by atoms with Crippen LogP contribution in [0.3, 0.4) is 0 Å². The van der Waals surface area contributed by atoms with Crippen molar-refractivity contribution in [1.82, 2.24) is 0 Å². The van der Waals surface area contributed by atoms with E-state index in [-0.39, 0.29) is 25.7 Å². The lowest BCUT2D eigenvalue weighted by molar-refractivity contribution is -0.0212. The van der Waals surface area contributed by atoms with Crippen LogP contribution < -0.4 is 14.7 Å². The number of aliphatic hydroxyl groups excluding tert-OH is 3. The summed E-state index contributed by atoms with van der Waals surface area (Å²) in [7, 11) is 4.01. The molecule has 3 N–H and O–H groups in total. The first-order valence-electron chi connectivity index (χ1n) is 27.9. The summed E-state index contributed by atoms with van der Waals surface area (Å²) in [5, 5.41) is 40.4. The van der Waals surface area contributed by atoms with Crippen molar-refractivity contribution in [3.05, 3.63) is 161 Å². The molecular formula is C63H88N4O13. The molecule has 438 valence electrons. The molecule has 0 saturated heterocycles. The quantitative estimate of drug-likeness (QED) is 0.0274. The van der Waals surface area contributed by atoms with Gasteiger partial charge in [0.15, 0.2) is 0 Å². The first kappa shape index (κ1) is 65.3. The van der Waals surface area contributed by atoms with Crippen LogP contribution in [0.2, 0.25) is 0 Å². The maximum atomic E-state index is 11.6. The molecule has 0 heterocycles. The van der Waals surface area contributed by atoms with Crippen molar-refractivity contribution < 1.29 is 62.7 Å². The molecule has 0 amide bonds. The van der Waals surface area contributed by atoms with E-state index in [1.54, 1.807) is 0 Å². The second kappa shape index (κ2) is 39.8. The summed E-state index contributed by atoms with van der Waals surface area (Å²) in [6.07, 6.45) is -0.788. The van der Waals surface area contributed by atoms with E-state index in [0.717, 1.165) is 45.9 Å². The number of nitrogens with zero attached hydrogens (tertiary/aromatic N) is 4. The zero-order valence-corrected chi connectivity index (χ0v) is 47.5.